The van der Waals surface area contributed by atoms with E-state index in [0.717, 1.165) is 21.9 Å². The van der Waals surface area contributed by atoms with E-state index in [4.69, 9.17) is 0 Å². The van der Waals surface area contributed by atoms with Crippen LogP contribution in [-0.2, 0) is 0 Å². The molecular weight excluding hydrogens is 286 g/mol. The van der Waals surface area contributed by atoms with Gasteiger partial charge in [-0.2, -0.15) is 0 Å². The molecular formula is C18H41NSi2. The molecule has 1 atom stereocenters. The molecule has 0 fully saturated rings. The van der Waals surface area contributed by atoms with Crippen LogP contribution in [0.25, 0.3) is 0 Å². The minimum absolute atomic E-state index is 0.731. The van der Waals surface area contributed by atoms with E-state index in [0.29, 0.717) is 0 Å². The van der Waals surface area contributed by atoms with Crippen LogP contribution in [0.3, 0.4) is 0 Å². The lowest BCUT2D eigenvalue weighted by Gasteiger charge is -2.53. The summed E-state index contributed by atoms with van der Waals surface area (Å²) in [5.74, 6) is 0. The molecule has 0 bridgehead atoms. The molecule has 0 heterocycles. The first-order valence-corrected chi connectivity index (χ1v) is 14.4. The van der Waals surface area contributed by atoms with Crippen molar-refractivity contribution in [2.75, 3.05) is 6.54 Å². The van der Waals surface area contributed by atoms with Gasteiger partial charge in [0.25, 0.3) is 0 Å². The molecule has 3 heteroatoms. The Hall–Kier alpha value is 0.134. The van der Waals surface area contributed by atoms with E-state index in [1.165, 1.54) is 19.4 Å². The predicted octanol–water partition coefficient (Wildman–Crippen LogP) is 5.94. The topological polar surface area (TPSA) is 12.0 Å². The highest BCUT2D eigenvalue weighted by molar-refractivity contribution is 7.02. The van der Waals surface area contributed by atoms with Crippen LogP contribution in [0.1, 0.15) is 61.3 Å². The van der Waals surface area contributed by atoms with E-state index >= 15 is 0 Å². The molecule has 1 nitrogen and oxygen atoms in total. The lowest BCUT2D eigenvalue weighted by molar-refractivity contribution is 0.631. The highest BCUT2D eigenvalue weighted by Gasteiger charge is 2.53. The molecule has 0 aromatic rings. The number of hydrogen-bond acceptors (Lipinski definition) is 1. The summed E-state index contributed by atoms with van der Waals surface area (Å²) in [6.45, 7) is 27.6. The fraction of sp³-hybridized carbons (Fsp3) is 0.889. The van der Waals surface area contributed by atoms with Gasteiger partial charge in [0.05, 0.1) is 16.1 Å². The second kappa shape index (κ2) is 8.68. The highest BCUT2D eigenvalue weighted by atomic mass is 28.4. The van der Waals surface area contributed by atoms with Gasteiger partial charge in [-0.15, -0.1) is 12.3 Å². The van der Waals surface area contributed by atoms with Crippen LogP contribution in [0, 0.1) is 0 Å². The Morgan fingerprint density at radius 3 is 1.67 bits per heavy atom. The van der Waals surface area contributed by atoms with Gasteiger partial charge >= 0.3 is 0 Å². The average Bonchev–Trinajstić information content (AvgIpc) is 2.36. The molecule has 1 unspecified atom stereocenters. The van der Waals surface area contributed by atoms with E-state index in [1.54, 1.807) is 0 Å². The van der Waals surface area contributed by atoms with Gasteiger partial charge in [-0.3, -0.25) is 0 Å². The van der Waals surface area contributed by atoms with Gasteiger partial charge in [0.1, 0.15) is 0 Å². The van der Waals surface area contributed by atoms with Gasteiger partial charge in [0.15, 0.2) is 0 Å². The third-order valence-corrected chi connectivity index (χ3v) is 19.3. The Kier molecular flexibility index (Phi) is 8.74. The first kappa shape index (κ1) is 21.1. The van der Waals surface area contributed by atoms with Crippen molar-refractivity contribution < 1.29 is 0 Å². The van der Waals surface area contributed by atoms with Crippen LogP contribution >= 0.6 is 0 Å². The second-order valence-corrected chi connectivity index (χ2v) is 19.5. The van der Waals surface area contributed by atoms with Crippen LogP contribution < -0.4 is 5.32 Å². The molecule has 1 N–H and O–H groups in total. The van der Waals surface area contributed by atoms with Crippen LogP contribution in [0.4, 0.5) is 0 Å². The summed E-state index contributed by atoms with van der Waals surface area (Å²) in [6.07, 6.45) is 2.56. The van der Waals surface area contributed by atoms with Crippen molar-refractivity contribution in [1.29, 1.82) is 0 Å². The second-order valence-electron chi connectivity index (χ2n) is 8.23. The van der Waals surface area contributed by atoms with E-state index in [1.807, 2.05) is 0 Å². The molecule has 0 spiro atoms. The summed E-state index contributed by atoms with van der Waals surface area (Å²) in [7, 11) is -2.95. The van der Waals surface area contributed by atoms with E-state index in [-0.39, 0.29) is 0 Å². The fourth-order valence-corrected chi connectivity index (χ4v) is 20.5. The third-order valence-electron chi connectivity index (χ3n) is 5.65. The van der Waals surface area contributed by atoms with Crippen LogP contribution in [-0.4, -0.2) is 28.0 Å². The average molecular weight is 328 g/mol. The smallest absolute Gasteiger partial charge is 0.0855 e. The number of rotatable bonds is 10. The maximum atomic E-state index is 4.22. The molecule has 0 saturated carbocycles. The summed E-state index contributed by atoms with van der Waals surface area (Å²) in [5.41, 5.74) is 4.75. The maximum Gasteiger partial charge on any atom is 0.0855 e. The van der Waals surface area contributed by atoms with Crippen molar-refractivity contribution >= 4 is 16.1 Å². The molecule has 0 rings (SSSR count). The molecule has 0 amide bonds. The first-order chi connectivity index (χ1) is 9.58. The predicted molar refractivity (Wildman–Crippen MR) is 105 cm³/mol. The van der Waals surface area contributed by atoms with E-state index in [2.05, 4.69) is 79.2 Å². The van der Waals surface area contributed by atoms with Crippen molar-refractivity contribution in [3.63, 3.8) is 0 Å². The zero-order valence-corrected chi connectivity index (χ0v) is 18.2. The molecule has 0 aliphatic carbocycles. The lowest BCUT2D eigenvalue weighted by atomic mass is 10.3. The number of hydrogen-bond donors (Lipinski definition) is 1. The van der Waals surface area contributed by atoms with Gasteiger partial charge < -0.3 is 5.32 Å². The minimum Gasteiger partial charge on any atom is -0.319 e. The van der Waals surface area contributed by atoms with Gasteiger partial charge in [0, 0.05) is 5.29 Å². The Morgan fingerprint density at radius 2 is 1.38 bits per heavy atom. The molecule has 0 aliphatic heterocycles. The fourth-order valence-electron chi connectivity index (χ4n) is 4.63. The van der Waals surface area contributed by atoms with Crippen LogP contribution in [0.2, 0.25) is 29.7 Å². The van der Waals surface area contributed by atoms with Crippen molar-refractivity contribution in [2.24, 2.45) is 0 Å². The lowest BCUT2D eigenvalue weighted by Crippen LogP contribution is -2.70. The SMILES string of the molecule is C=C[Si](C)(C)C(NCCCC)[Si](C(C)C)(C(C)C)C(C)C. The molecule has 0 aliphatic rings. The molecule has 0 radical (unpaired) electrons. The minimum atomic E-state index is -1.48. The molecule has 0 saturated heterocycles. The van der Waals surface area contributed by atoms with Gasteiger partial charge in [-0.05, 0) is 29.6 Å². The number of unbranched alkanes of at least 4 members (excludes halogenated alkanes) is 1. The third kappa shape index (κ3) is 4.55. The molecule has 0 aromatic heterocycles. The largest absolute Gasteiger partial charge is 0.319 e. The van der Waals surface area contributed by atoms with Crippen molar-refractivity contribution in [2.45, 2.75) is 96.3 Å². The van der Waals surface area contributed by atoms with Crippen molar-refractivity contribution in [3.8, 4) is 0 Å². The van der Waals surface area contributed by atoms with Gasteiger partial charge in [-0.25, -0.2) is 0 Å². The summed E-state index contributed by atoms with van der Waals surface area (Å²) >= 11 is 0. The normalized spacial score (nSPS) is 15.0. The molecule has 21 heavy (non-hydrogen) atoms. The maximum absolute atomic E-state index is 4.22. The van der Waals surface area contributed by atoms with Crippen LogP contribution in [0.5, 0.6) is 0 Å². The van der Waals surface area contributed by atoms with Crippen molar-refractivity contribution in [1.82, 2.24) is 5.32 Å². The Labute approximate surface area is 137 Å². The summed E-state index contributed by atoms with van der Waals surface area (Å²) in [6, 6.07) is 0. The summed E-state index contributed by atoms with van der Waals surface area (Å²) in [5, 5.41) is 4.78. The standard InChI is InChI=1S/C18H41NSi2/c1-11-13-14-19-18(20(9,10)12-2)21(15(3)4,16(5)6)17(7)8/h12,15-19H,2,11,13-14H2,1,3-10H3. The monoisotopic (exact) mass is 327 g/mol. The Balaban J connectivity index is 5.83. The zero-order chi connectivity index (χ0) is 16.8. The summed E-state index contributed by atoms with van der Waals surface area (Å²) in [4.78, 5) is 0. The first-order valence-electron chi connectivity index (χ1n) is 8.95. The zero-order valence-electron chi connectivity index (χ0n) is 16.2. The molecule has 126 valence electrons. The summed E-state index contributed by atoms with van der Waals surface area (Å²) < 4.78 is 0. The van der Waals surface area contributed by atoms with Gasteiger partial charge in [-0.1, -0.05) is 68.0 Å². The molecule has 0 aromatic carbocycles. The Bertz CT molecular complexity index is 287. The van der Waals surface area contributed by atoms with E-state index in [9.17, 15) is 0 Å². The number of nitrogens with one attached hydrogen (secondary N) is 1. The Morgan fingerprint density at radius 1 is 0.952 bits per heavy atom. The van der Waals surface area contributed by atoms with E-state index < -0.39 is 16.1 Å². The van der Waals surface area contributed by atoms with Crippen LogP contribution in [0.15, 0.2) is 12.3 Å². The highest BCUT2D eigenvalue weighted by Crippen LogP contribution is 2.46. The van der Waals surface area contributed by atoms with Gasteiger partial charge in [0.2, 0.25) is 0 Å². The quantitative estimate of drug-likeness (QED) is 0.387. The van der Waals surface area contributed by atoms with Crippen molar-refractivity contribution in [3.05, 3.63) is 12.3 Å².